The van der Waals surface area contributed by atoms with E-state index >= 15 is 0 Å². The molecule has 0 bridgehead atoms. The number of rotatable bonds is 4. The summed E-state index contributed by atoms with van der Waals surface area (Å²) in [4.78, 5) is 2.59. The Morgan fingerprint density at radius 3 is 2.74 bits per heavy atom. The number of nitrogens with one attached hydrogen (secondary N) is 1. The van der Waals surface area contributed by atoms with Crippen LogP contribution in [-0.2, 0) is 6.54 Å². The molecule has 1 saturated heterocycles. The molecule has 1 atom stereocenters. The lowest BCUT2D eigenvalue weighted by Crippen LogP contribution is -2.38. The molecule has 1 N–H and O–H groups in total. The molecule has 0 unspecified atom stereocenters. The molecule has 1 aliphatic rings. The van der Waals surface area contributed by atoms with Crippen LogP contribution in [0.3, 0.4) is 0 Å². The van der Waals surface area contributed by atoms with Gasteiger partial charge >= 0.3 is 0 Å². The SMILES string of the molecule is CC(C)C[C@@H]1CN(Cc2ccc(Br)cc2)CCCN1. The molecule has 0 saturated carbocycles. The van der Waals surface area contributed by atoms with E-state index in [9.17, 15) is 0 Å². The lowest BCUT2D eigenvalue weighted by Gasteiger charge is -2.25. The van der Waals surface area contributed by atoms with Gasteiger partial charge < -0.3 is 5.32 Å². The van der Waals surface area contributed by atoms with Crippen molar-refractivity contribution in [3.05, 3.63) is 34.3 Å². The lowest BCUT2D eigenvalue weighted by atomic mass is 10.0. The number of hydrogen-bond donors (Lipinski definition) is 1. The molecule has 2 rings (SSSR count). The van der Waals surface area contributed by atoms with E-state index in [-0.39, 0.29) is 0 Å². The van der Waals surface area contributed by atoms with Crippen molar-refractivity contribution in [1.29, 1.82) is 0 Å². The van der Waals surface area contributed by atoms with Gasteiger partial charge in [0.2, 0.25) is 0 Å². The standard InChI is InChI=1S/C16H25BrN2/c1-13(2)10-16-12-19(9-3-8-18-16)11-14-4-6-15(17)7-5-14/h4-7,13,16,18H,3,8-12H2,1-2H3/t16-/m1/s1. The molecule has 1 aromatic rings. The second-order valence-electron chi connectivity index (χ2n) is 6.00. The first-order valence-corrected chi connectivity index (χ1v) is 8.13. The second kappa shape index (κ2) is 7.41. The zero-order valence-corrected chi connectivity index (χ0v) is 13.6. The molecule has 19 heavy (non-hydrogen) atoms. The fourth-order valence-corrected chi connectivity index (χ4v) is 3.06. The van der Waals surface area contributed by atoms with Crippen molar-refractivity contribution in [2.24, 2.45) is 5.92 Å². The van der Waals surface area contributed by atoms with E-state index in [0.717, 1.165) is 23.5 Å². The highest BCUT2D eigenvalue weighted by Gasteiger charge is 2.18. The van der Waals surface area contributed by atoms with Crippen LogP contribution < -0.4 is 5.32 Å². The summed E-state index contributed by atoms with van der Waals surface area (Å²) in [7, 11) is 0. The van der Waals surface area contributed by atoms with Crippen molar-refractivity contribution < 1.29 is 0 Å². The minimum atomic E-state index is 0.651. The van der Waals surface area contributed by atoms with Crippen molar-refractivity contribution in [3.63, 3.8) is 0 Å². The minimum absolute atomic E-state index is 0.651. The van der Waals surface area contributed by atoms with Gasteiger partial charge in [0.05, 0.1) is 0 Å². The highest BCUT2D eigenvalue weighted by Crippen LogP contribution is 2.15. The van der Waals surface area contributed by atoms with E-state index in [4.69, 9.17) is 0 Å². The van der Waals surface area contributed by atoms with E-state index in [1.807, 2.05) is 0 Å². The molecule has 1 fully saturated rings. The Labute approximate surface area is 125 Å². The Morgan fingerprint density at radius 1 is 1.32 bits per heavy atom. The van der Waals surface area contributed by atoms with Crippen LogP contribution in [0, 0.1) is 5.92 Å². The predicted molar refractivity (Wildman–Crippen MR) is 85.3 cm³/mol. The third-order valence-electron chi connectivity index (χ3n) is 3.64. The summed E-state index contributed by atoms with van der Waals surface area (Å²) < 4.78 is 1.16. The average Bonchev–Trinajstić information content (AvgIpc) is 2.57. The third kappa shape index (κ3) is 5.25. The molecule has 0 amide bonds. The van der Waals surface area contributed by atoms with Crippen LogP contribution in [0.4, 0.5) is 0 Å². The Kier molecular flexibility index (Phi) is 5.86. The molecule has 0 radical (unpaired) electrons. The summed E-state index contributed by atoms with van der Waals surface area (Å²) >= 11 is 3.50. The molecular weight excluding hydrogens is 300 g/mol. The lowest BCUT2D eigenvalue weighted by molar-refractivity contribution is 0.248. The highest BCUT2D eigenvalue weighted by molar-refractivity contribution is 9.10. The van der Waals surface area contributed by atoms with E-state index in [1.54, 1.807) is 0 Å². The van der Waals surface area contributed by atoms with E-state index in [2.05, 4.69) is 64.3 Å². The zero-order chi connectivity index (χ0) is 13.7. The number of halogens is 1. The summed E-state index contributed by atoms with van der Waals surface area (Å²) in [6.45, 7) is 9.24. The molecule has 1 heterocycles. The van der Waals surface area contributed by atoms with Crippen LogP contribution in [0.1, 0.15) is 32.3 Å². The summed E-state index contributed by atoms with van der Waals surface area (Å²) in [5.74, 6) is 0.769. The third-order valence-corrected chi connectivity index (χ3v) is 4.17. The maximum atomic E-state index is 3.69. The maximum Gasteiger partial charge on any atom is 0.0234 e. The van der Waals surface area contributed by atoms with Crippen molar-refractivity contribution in [3.8, 4) is 0 Å². The first kappa shape index (κ1) is 15.0. The Morgan fingerprint density at radius 2 is 2.05 bits per heavy atom. The average molecular weight is 325 g/mol. The fourth-order valence-electron chi connectivity index (χ4n) is 2.79. The van der Waals surface area contributed by atoms with Crippen molar-refractivity contribution >= 4 is 15.9 Å². The Bertz CT molecular complexity index is 375. The molecular formula is C16H25BrN2. The topological polar surface area (TPSA) is 15.3 Å². The molecule has 0 spiro atoms. The van der Waals surface area contributed by atoms with Gasteiger partial charge in [-0.25, -0.2) is 0 Å². The smallest absolute Gasteiger partial charge is 0.0234 e. The Balaban J connectivity index is 1.92. The number of hydrogen-bond acceptors (Lipinski definition) is 2. The number of nitrogens with zero attached hydrogens (tertiary/aromatic N) is 1. The highest BCUT2D eigenvalue weighted by atomic mass is 79.9. The van der Waals surface area contributed by atoms with Crippen LogP contribution in [0.5, 0.6) is 0 Å². The molecule has 1 aromatic carbocycles. The van der Waals surface area contributed by atoms with Gasteiger partial charge in [-0.3, -0.25) is 4.90 Å². The quantitative estimate of drug-likeness (QED) is 0.909. The molecule has 1 aliphatic heterocycles. The van der Waals surface area contributed by atoms with Crippen LogP contribution in [0.2, 0.25) is 0 Å². The normalized spacial score (nSPS) is 21.6. The van der Waals surface area contributed by atoms with Crippen molar-refractivity contribution in [2.75, 3.05) is 19.6 Å². The number of benzene rings is 1. The van der Waals surface area contributed by atoms with E-state index in [1.165, 1.54) is 31.5 Å². The minimum Gasteiger partial charge on any atom is -0.313 e. The monoisotopic (exact) mass is 324 g/mol. The molecule has 0 aromatic heterocycles. The van der Waals surface area contributed by atoms with Crippen molar-refractivity contribution in [1.82, 2.24) is 10.2 Å². The van der Waals surface area contributed by atoms with Gasteiger partial charge in [0.25, 0.3) is 0 Å². The van der Waals surface area contributed by atoms with Gasteiger partial charge in [0, 0.05) is 23.6 Å². The fraction of sp³-hybridized carbons (Fsp3) is 0.625. The van der Waals surface area contributed by atoms with Gasteiger partial charge in [-0.15, -0.1) is 0 Å². The van der Waals surface area contributed by atoms with Crippen LogP contribution in [0.25, 0.3) is 0 Å². The summed E-state index contributed by atoms with van der Waals surface area (Å²) in [5.41, 5.74) is 1.41. The zero-order valence-electron chi connectivity index (χ0n) is 12.0. The van der Waals surface area contributed by atoms with Gasteiger partial charge in [0.15, 0.2) is 0 Å². The van der Waals surface area contributed by atoms with E-state index in [0.29, 0.717) is 6.04 Å². The van der Waals surface area contributed by atoms with Gasteiger partial charge in [-0.05, 0) is 49.5 Å². The van der Waals surface area contributed by atoms with Gasteiger partial charge in [-0.1, -0.05) is 41.9 Å². The molecule has 0 aliphatic carbocycles. The molecule has 106 valence electrons. The summed E-state index contributed by atoms with van der Waals surface area (Å²) in [5, 5.41) is 3.69. The van der Waals surface area contributed by atoms with Crippen LogP contribution >= 0.6 is 15.9 Å². The molecule has 3 heteroatoms. The van der Waals surface area contributed by atoms with Crippen molar-refractivity contribution in [2.45, 2.75) is 39.3 Å². The molecule has 2 nitrogen and oxygen atoms in total. The van der Waals surface area contributed by atoms with E-state index < -0.39 is 0 Å². The van der Waals surface area contributed by atoms with Gasteiger partial charge in [-0.2, -0.15) is 0 Å². The second-order valence-corrected chi connectivity index (χ2v) is 6.91. The first-order valence-electron chi connectivity index (χ1n) is 7.33. The largest absolute Gasteiger partial charge is 0.313 e. The van der Waals surface area contributed by atoms with Crippen LogP contribution in [0.15, 0.2) is 28.7 Å². The maximum absolute atomic E-state index is 3.69. The summed E-state index contributed by atoms with van der Waals surface area (Å²) in [6, 6.07) is 9.37. The predicted octanol–water partition coefficient (Wildman–Crippen LogP) is 3.66. The Hall–Kier alpha value is -0.380. The van der Waals surface area contributed by atoms with Crippen LogP contribution in [-0.4, -0.2) is 30.6 Å². The van der Waals surface area contributed by atoms with Gasteiger partial charge in [0.1, 0.15) is 0 Å². The first-order chi connectivity index (χ1) is 9.13. The summed E-state index contributed by atoms with van der Waals surface area (Å²) in [6.07, 6.45) is 2.53.